The van der Waals surface area contributed by atoms with Crippen molar-refractivity contribution in [2.24, 2.45) is 0 Å². The van der Waals surface area contributed by atoms with Crippen molar-refractivity contribution in [3.63, 3.8) is 0 Å². The first-order valence-corrected chi connectivity index (χ1v) is 5.91. The fraction of sp³-hybridized carbons (Fsp3) is 0.643. The van der Waals surface area contributed by atoms with Crippen LogP contribution < -0.4 is 0 Å². The van der Waals surface area contributed by atoms with E-state index >= 15 is 0 Å². The molecule has 0 amide bonds. The van der Waals surface area contributed by atoms with Crippen molar-refractivity contribution < 1.29 is 0 Å². The summed E-state index contributed by atoms with van der Waals surface area (Å²) < 4.78 is 0. The molecule has 0 aromatic heterocycles. The molecule has 0 spiro atoms. The average molecular weight is 192 g/mol. The van der Waals surface area contributed by atoms with Crippen LogP contribution in [0.1, 0.15) is 58.3 Å². The minimum absolute atomic E-state index is 0.985. The quantitative estimate of drug-likeness (QED) is 0.273. The molecule has 0 heterocycles. The molecule has 0 fully saturated rings. The Hall–Kier alpha value is -0.740. The molecule has 0 bridgehead atoms. The lowest BCUT2D eigenvalue weighted by Crippen LogP contribution is -1.77. The van der Waals surface area contributed by atoms with E-state index in [2.05, 4.69) is 31.4 Å². The molecule has 0 heteroatoms. The molecule has 0 saturated heterocycles. The highest BCUT2D eigenvalue weighted by Crippen LogP contribution is 2.07. The summed E-state index contributed by atoms with van der Waals surface area (Å²) in [5, 5.41) is 0. The minimum Gasteiger partial charge on any atom is -0.133 e. The smallest absolute Gasteiger partial charge is 0.00932 e. The van der Waals surface area contributed by atoms with Crippen LogP contribution in [0.2, 0.25) is 0 Å². The zero-order valence-corrected chi connectivity index (χ0v) is 9.60. The Bertz CT molecular complexity index is 170. The standard InChI is InChI=1S/C14H24/c1-3-5-7-9-11-13-14-12-10-8-6-4-2/h5,9,11H,1,4,6-8,10,12-14H2,2H3. The second kappa shape index (κ2) is 12.3. The van der Waals surface area contributed by atoms with Crippen LogP contribution in [0.25, 0.3) is 0 Å². The normalized spacial score (nSPS) is 10.4. The first-order valence-electron chi connectivity index (χ1n) is 5.91. The van der Waals surface area contributed by atoms with E-state index < -0.39 is 0 Å². The molecule has 0 aliphatic carbocycles. The van der Waals surface area contributed by atoms with Crippen LogP contribution in [-0.4, -0.2) is 0 Å². The van der Waals surface area contributed by atoms with Gasteiger partial charge in [0.15, 0.2) is 0 Å². The molecule has 0 unspecified atom stereocenters. The largest absolute Gasteiger partial charge is 0.133 e. The Morgan fingerprint density at radius 2 is 1.71 bits per heavy atom. The molecule has 14 heavy (non-hydrogen) atoms. The van der Waals surface area contributed by atoms with Gasteiger partial charge in [-0.05, 0) is 25.3 Å². The SMILES string of the molecule is C=C=CCC=CCCCCCCCC. The van der Waals surface area contributed by atoms with E-state index in [4.69, 9.17) is 0 Å². The Morgan fingerprint density at radius 3 is 2.43 bits per heavy atom. The molecule has 0 N–H and O–H groups in total. The van der Waals surface area contributed by atoms with Crippen molar-refractivity contribution in [2.45, 2.75) is 58.3 Å². The summed E-state index contributed by atoms with van der Waals surface area (Å²) in [5.74, 6) is 0. The highest BCUT2D eigenvalue weighted by molar-refractivity contribution is 4.90. The molecule has 80 valence electrons. The van der Waals surface area contributed by atoms with E-state index in [1.165, 1.54) is 44.9 Å². The topological polar surface area (TPSA) is 0 Å². The van der Waals surface area contributed by atoms with Gasteiger partial charge in [-0.15, -0.1) is 5.73 Å². The fourth-order valence-corrected chi connectivity index (χ4v) is 1.41. The molecule has 0 aliphatic rings. The lowest BCUT2D eigenvalue weighted by molar-refractivity contribution is 0.611. The molecule has 0 aliphatic heterocycles. The third kappa shape index (κ3) is 11.3. The maximum absolute atomic E-state index is 3.52. The summed E-state index contributed by atoms with van der Waals surface area (Å²) in [7, 11) is 0. The van der Waals surface area contributed by atoms with Crippen molar-refractivity contribution in [1.82, 2.24) is 0 Å². The van der Waals surface area contributed by atoms with Gasteiger partial charge in [0.2, 0.25) is 0 Å². The number of hydrogen-bond donors (Lipinski definition) is 0. The van der Waals surface area contributed by atoms with Gasteiger partial charge in [-0.2, -0.15) is 0 Å². The number of rotatable bonds is 9. The van der Waals surface area contributed by atoms with E-state index in [-0.39, 0.29) is 0 Å². The van der Waals surface area contributed by atoms with Gasteiger partial charge in [0.25, 0.3) is 0 Å². The summed E-state index contributed by atoms with van der Waals surface area (Å²) in [6.07, 6.45) is 17.0. The minimum atomic E-state index is 0.985. The predicted molar refractivity (Wildman–Crippen MR) is 65.5 cm³/mol. The molecule has 0 aromatic carbocycles. The maximum Gasteiger partial charge on any atom is -0.00932 e. The average Bonchev–Trinajstić information content (AvgIpc) is 2.21. The van der Waals surface area contributed by atoms with Gasteiger partial charge >= 0.3 is 0 Å². The zero-order chi connectivity index (χ0) is 10.5. The van der Waals surface area contributed by atoms with Crippen LogP contribution in [0.3, 0.4) is 0 Å². The van der Waals surface area contributed by atoms with Crippen molar-refractivity contribution in [1.29, 1.82) is 0 Å². The number of unbranched alkanes of at least 4 members (excludes halogenated alkanes) is 6. The van der Waals surface area contributed by atoms with E-state index in [1.54, 1.807) is 0 Å². The van der Waals surface area contributed by atoms with Crippen molar-refractivity contribution >= 4 is 0 Å². The van der Waals surface area contributed by atoms with E-state index in [1.807, 2.05) is 6.08 Å². The number of allylic oxidation sites excluding steroid dienone is 3. The Balaban J connectivity index is 3.05. The van der Waals surface area contributed by atoms with Gasteiger partial charge in [-0.25, -0.2) is 0 Å². The third-order valence-corrected chi connectivity index (χ3v) is 2.29. The summed E-state index contributed by atoms with van der Waals surface area (Å²) in [6, 6.07) is 0. The molecular weight excluding hydrogens is 168 g/mol. The molecule has 0 aromatic rings. The van der Waals surface area contributed by atoms with Crippen LogP contribution in [0.15, 0.2) is 30.5 Å². The van der Waals surface area contributed by atoms with Crippen molar-refractivity contribution in [3.05, 3.63) is 30.5 Å². The third-order valence-electron chi connectivity index (χ3n) is 2.29. The monoisotopic (exact) mass is 192 g/mol. The van der Waals surface area contributed by atoms with Crippen LogP contribution >= 0.6 is 0 Å². The van der Waals surface area contributed by atoms with Crippen LogP contribution in [-0.2, 0) is 0 Å². The summed E-state index contributed by atoms with van der Waals surface area (Å²) in [6.45, 7) is 5.78. The highest BCUT2D eigenvalue weighted by Gasteiger charge is 1.87. The van der Waals surface area contributed by atoms with Crippen molar-refractivity contribution in [2.75, 3.05) is 0 Å². The molecule has 0 nitrogen and oxygen atoms in total. The van der Waals surface area contributed by atoms with Crippen LogP contribution in [0.5, 0.6) is 0 Å². The first kappa shape index (κ1) is 13.3. The zero-order valence-electron chi connectivity index (χ0n) is 9.60. The van der Waals surface area contributed by atoms with E-state index in [9.17, 15) is 0 Å². The Morgan fingerprint density at radius 1 is 1.00 bits per heavy atom. The molecule has 0 radical (unpaired) electrons. The summed E-state index contributed by atoms with van der Waals surface area (Å²) in [5.41, 5.74) is 2.77. The fourth-order valence-electron chi connectivity index (χ4n) is 1.41. The Kier molecular flexibility index (Phi) is 11.6. The molecular formula is C14H24. The second-order valence-corrected chi connectivity index (χ2v) is 3.67. The second-order valence-electron chi connectivity index (χ2n) is 3.67. The van der Waals surface area contributed by atoms with Gasteiger partial charge in [-0.3, -0.25) is 0 Å². The Labute approximate surface area is 89.4 Å². The first-order chi connectivity index (χ1) is 6.91. The van der Waals surface area contributed by atoms with Crippen LogP contribution in [0.4, 0.5) is 0 Å². The van der Waals surface area contributed by atoms with E-state index in [0.717, 1.165) is 6.42 Å². The molecule has 0 saturated carbocycles. The molecule has 0 atom stereocenters. The summed E-state index contributed by atoms with van der Waals surface area (Å²) in [4.78, 5) is 0. The van der Waals surface area contributed by atoms with Crippen LogP contribution in [0, 0.1) is 0 Å². The molecule has 0 rings (SSSR count). The van der Waals surface area contributed by atoms with Gasteiger partial charge in [0.1, 0.15) is 0 Å². The highest BCUT2D eigenvalue weighted by atomic mass is 13.9. The maximum atomic E-state index is 3.52. The van der Waals surface area contributed by atoms with Crippen molar-refractivity contribution in [3.8, 4) is 0 Å². The van der Waals surface area contributed by atoms with E-state index in [0.29, 0.717) is 0 Å². The summed E-state index contributed by atoms with van der Waals surface area (Å²) >= 11 is 0. The number of hydrogen-bond acceptors (Lipinski definition) is 0. The van der Waals surface area contributed by atoms with Gasteiger partial charge in [-0.1, -0.05) is 57.8 Å². The van der Waals surface area contributed by atoms with Gasteiger partial charge in [0, 0.05) is 0 Å². The predicted octanol–water partition coefficient (Wildman–Crippen LogP) is 5.02. The van der Waals surface area contributed by atoms with Gasteiger partial charge in [0.05, 0.1) is 0 Å². The lowest BCUT2D eigenvalue weighted by Gasteiger charge is -1.97. The lowest BCUT2D eigenvalue weighted by atomic mass is 10.1. The van der Waals surface area contributed by atoms with Gasteiger partial charge < -0.3 is 0 Å².